The number of hydrogen-bond donors (Lipinski definition) is 2. The molecule has 2 heterocycles. The third kappa shape index (κ3) is 5.02. The molecule has 1 aliphatic rings. The second kappa shape index (κ2) is 9.97. The number of anilines is 2. The predicted molar refractivity (Wildman–Crippen MR) is 165 cm³/mol. The molecule has 2 N–H and O–H groups in total. The monoisotopic (exact) mass is 575 g/mol. The number of fused-ring (bicyclic) bond motifs is 1. The number of halogens is 3. The van der Waals surface area contributed by atoms with E-state index in [2.05, 4.69) is 59.7 Å². The molecule has 0 bridgehead atoms. The Balaban J connectivity index is 1.70. The van der Waals surface area contributed by atoms with Crippen molar-refractivity contribution in [3.63, 3.8) is 0 Å². The van der Waals surface area contributed by atoms with E-state index >= 15 is 4.39 Å². The second-order valence-corrected chi connectivity index (χ2v) is 13.0. The molecule has 2 aromatic heterocycles. The first-order chi connectivity index (χ1) is 18.8. The highest BCUT2D eigenvalue weighted by molar-refractivity contribution is 6.37. The van der Waals surface area contributed by atoms with Crippen LogP contribution >= 0.6 is 23.2 Å². The number of hydrogen-bond acceptors (Lipinski definition) is 6. The predicted octanol–water partition coefficient (Wildman–Crippen LogP) is 4.32. The van der Waals surface area contributed by atoms with Crippen LogP contribution in [0, 0.1) is 22.6 Å². The lowest BCUT2D eigenvalue weighted by molar-refractivity contribution is 0.443. The fourth-order valence-electron chi connectivity index (χ4n) is 5.16. The summed E-state index contributed by atoms with van der Waals surface area (Å²) in [5.41, 5.74) is 2.45. The molecule has 1 atom stereocenters. The first-order valence-corrected chi connectivity index (χ1v) is 14.0. The molecule has 12 heteroatoms. The summed E-state index contributed by atoms with van der Waals surface area (Å²) in [5, 5.41) is 27.1. The van der Waals surface area contributed by atoms with Crippen molar-refractivity contribution < 1.29 is 4.39 Å². The molecule has 0 radical (unpaired) electrons. The molecule has 0 saturated heterocycles. The highest BCUT2D eigenvalue weighted by Crippen LogP contribution is 2.43. The average Bonchev–Trinajstić information content (AvgIpc) is 3.48. The van der Waals surface area contributed by atoms with Gasteiger partial charge >= 0.3 is 0 Å². The van der Waals surface area contributed by atoms with Gasteiger partial charge < -0.3 is 10.6 Å². The van der Waals surface area contributed by atoms with E-state index in [0.29, 0.717) is 45.1 Å². The molecule has 1 saturated carbocycles. The van der Waals surface area contributed by atoms with E-state index in [9.17, 15) is 5.26 Å². The van der Waals surface area contributed by atoms with Crippen LogP contribution in [0.15, 0.2) is 36.5 Å². The van der Waals surface area contributed by atoms with Crippen LogP contribution in [0.1, 0.15) is 57.4 Å². The molecule has 204 valence electrons. The van der Waals surface area contributed by atoms with Gasteiger partial charge in [-0.1, -0.05) is 55.3 Å². The first kappa shape index (κ1) is 28.3. The smallest absolute Gasteiger partial charge is 0.166 e. The van der Waals surface area contributed by atoms with Crippen molar-refractivity contribution in [3.8, 4) is 6.07 Å². The molecule has 0 spiro atoms. The number of benzene rings is 2. The highest BCUT2D eigenvalue weighted by atomic mass is 35.5. The molecule has 2 aromatic carbocycles. The Morgan fingerprint density at radius 1 is 1.20 bits per heavy atom. The van der Waals surface area contributed by atoms with Gasteiger partial charge in [0.1, 0.15) is 19.7 Å². The summed E-state index contributed by atoms with van der Waals surface area (Å²) in [7, 11) is 3.79. The summed E-state index contributed by atoms with van der Waals surface area (Å²) < 4.78 is 17.5. The Morgan fingerprint density at radius 2 is 1.93 bits per heavy atom. The standard InChI is InChI=1S/C28H30B2Cl2FN7/c1-26(2,3)14-36-22-15(12-34)13-35-23-17(22)10-16(11-19(23)32)37-28(30,21-18(31)6-5-7-20(21)33)24-25(29)40(39-38-24)27(4)8-9-27/h5-7,10-11,13,37H,8-9,14,29-30H2,1-4H3,(H,35,36). The van der Waals surface area contributed by atoms with Gasteiger partial charge in [-0.15, -0.1) is 5.10 Å². The van der Waals surface area contributed by atoms with Crippen molar-refractivity contribution in [2.75, 3.05) is 17.2 Å². The summed E-state index contributed by atoms with van der Waals surface area (Å²) in [6.07, 6.45) is 3.52. The Kier molecular flexibility index (Phi) is 7.04. The lowest BCUT2D eigenvalue weighted by Gasteiger charge is -2.33. The number of aromatic nitrogens is 4. The molecule has 0 aliphatic heterocycles. The number of pyridine rings is 1. The Bertz CT molecular complexity index is 1650. The van der Waals surface area contributed by atoms with E-state index in [1.165, 1.54) is 12.3 Å². The average molecular weight is 576 g/mol. The molecule has 1 aliphatic carbocycles. The Labute approximate surface area is 245 Å². The van der Waals surface area contributed by atoms with Crippen molar-refractivity contribution in [3.05, 3.63) is 69.2 Å². The second-order valence-electron chi connectivity index (χ2n) is 12.2. The lowest BCUT2D eigenvalue weighted by atomic mass is 9.67. The third-order valence-electron chi connectivity index (χ3n) is 7.55. The normalized spacial score (nSPS) is 15.8. The van der Waals surface area contributed by atoms with Gasteiger partial charge in [-0.25, -0.2) is 4.39 Å². The Hall–Kier alpha value is -3.28. The van der Waals surface area contributed by atoms with Crippen LogP contribution in [0.2, 0.25) is 10.0 Å². The van der Waals surface area contributed by atoms with Crippen molar-refractivity contribution >= 4 is 66.8 Å². The van der Waals surface area contributed by atoms with Gasteiger partial charge in [0.05, 0.1) is 38.5 Å². The zero-order chi connectivity index (χ0) is 29.0. The lowest BCUT2D eigenvalue weighted by Crippen LogP contribution is -2.44. The number of nitriles is 1. The quantitative estimate of drug-likeness (QED) is 0.319. The van der Waals surface area contributed by atoms with Crippen LogP contribution in [-0.2, 0) is 11.0 Å². The summed E-state index contributed by atoms with van der Waals surface area (Å²) in [5.74, 6) is -0.470. The summed E-state index contributed by atoms with van der Waals surface area (Å²) in [4.78, 5) is 4.46. The maximum atomic E-state index is 15.6. The number of rotatable bonds is 7. The molecule has 5 rings (SSSR count). The van der Waals surface area contributed by atoms with Crippen molar-refractivity contribution in [2.24, 2.45) is 5.41 Å². The van der Waals surface area contributed by atoms with Gasteiger partial charge in [0.25, 0.3) is 0 Å². The molecule has 4 aromatic rings. The van der Waals surface area contributed by atoms with Crippen LogP contribution in [0.4, 0.5) is 15.8 Å². The van der Waals surface area contributed by atoms with Gasteiger partial charge in [0.2, 0.25) is 0 Å². The summed E-state index contributed by atoms with van der Waals surface area (Å²) in [6.45, 7) is 9.08. The molecule has 1 unspecified atom stereocenters. The highest BCUT2D eigenvalue weighted by Gasteiger charge is 2.45. The zero-order valence-corrected chi connectivity index (χ0v) is 25.0. The van der Waals surface area contributed by atoms with Crippen LogP contribution < -0.4 is 16.2 Å². The maximum Gasteiger partial charge on any atom is 0.166 e. The molecule has 40 heavy (non-hydrogen) atoms. The van der Waals surface area contributed by atoms with E-state index in [1.54, 1.807) is 18.2 Å². The molecule has 7 nitrogen and oxygen atoms in total. The molecule has 0 amide bonds. The van der Waals surface area contributed by atoms with Gasteiger partial charge in [0.15, 0.2) is 7.85 Å². The minimum atomic E-state index is -1.22. The van der Waals surface area contributed by atoms with Crippen LogP contribution in [-0.4, -0.2) is 42.2 Å². The van der Waals surface area contributed by atoms with E-state index in [0.717, 1.165) is 18.4 Å². The number of nitrogens with one attached hydrogen (secondary N) is 2. The maximum absolute atomic E-state index is 15.6. The Morgan fingerprint density at radius 3 is 2.55 bits per heavy atom. The van der Waals surface area contributed by atoms with E-state index < -0.39 is 11.3 Å². The van der Waals surface area contributed by atoms with Gasteiger partial charge in [-0.3, -0.25) is 9.67 Å². The third-order valence-corrected chi connectivity index (χ3v) is 8.15. The van der Waals surface area contributed by atoms with Crippen LogP contribution in [0.5, 0.6) is 0 Å². The van der Waals surface area contributed by atoms with Crippen LogP contribution in [0.25, 0.3) is 10.9 Å². The minimum absolute atomic E-state index is 0.0380. The molecule has 1 fully saturated rings. The van der Waals surface area contributed by atoms with Gasteiger partial charge in [-0.05, 0) is 49.4 Å². The molecular weight excluding hydrogens is 546 g/mol. The topological polar surface area (TPSA) is 91.4 Å². The van der Waals surface area contributed by atoms with E-state index in [1.807, 2.05) is 26.4 Å². The number of nitrogens with zero attached hydrogens (tertiary/aromatic N) is 5. The van der Waals surface area contributed by atoms with Gasteiger partial charge in [-0.2, -0.15) is 5.26 Å². The zero-order valence-electron chi connectivity index (χ0n) is 23.5. The fraction of sp³-hybridized carbons (Fsp3) is 0.357. The molecular formula is C28H30B2Cl2FN7. The van der Waals surface area contributed by atoms with Gasteiger partial charge in [0, 0.05) is 40.0 Å². The van der Waals surface area contributed by atoms with Crippen molar-refractivity contribution in [2.45, 2.75) is 51.5 Å². The SMILES string of the molecule is Bc1c(C(B)(Nc2cc(Cl)c3ncc(C#N)c(NCC(C)(C)C)c3c2)c2c(F)cccc2Cl)nnn1C1(C)CC1. The first-order valence-electron chi connectivity index (χ1n) is 13.2. The minimum Gasteiger partial charge on any atom is -0.383 e. The van der Waals surface area contributed by atoms with Crippen molar-refractivity contribution in [1.29, 1.82) is 5.26 Å². The van der Waals surface area contributed by atoms with Crippen LogP contribution in [0.3, 0.4) is 0 Å². The summed E-state index contributed by atoms with van der Waals surface area (Å²) >= 11 is 13.4. The fourth-order valence-corrected chi connectivity index (χ4v) is 5.78. The largest absolute Gasteiger partial charge is 0.383 e. The van der Waals surface area contributed by atoms with E-state index in [-0.39, 0.29) is 21.5 Å². The summed E-state index contributed by atoms with van der Waals surface area (Å²) in [6, 6.07) is 10.5. The van der Waals surface area contributed by atoms with E-state index in [4.69, 9.17) is 23.2 Å². The van der Waals surface area contributed by atoms with Crippen molar-refractivity contribution in [1.82, 2.24) is 20.0 Å².